The Bertz CT molecular complexity index is 983. The van der Waals surface area contributed by atoms with E-state index >= 15 is 0 Å². The molecule has 0 atom stereocenters. The van der Waals surface area contributed by atoms with Gasteiger partial charge >= 0.3 is 0 Å². The Morgan fingerprint density at radius 3 is 2.81 bits per heavy atom. The molecule has 1 fully saturated rings. The number of pyridine rings is 2. The zero-order chi connectivity index (χ0) is 18.8. The Labute approximate surface area is 155 Å². The number of anilines is 1. The van der Waals surface area contributed by atoms with Crippen molar-refractivity contribution in [2.45, 2.75) is 6.92 Å². The summed E-state index contributed by atoms with van der Waals surface area (Å²) >= 11 is 0. The predicted molar refractivity (Wildman–Crippen MR) is 96.8 cm³/mol. The van der Waals surface area contributed by atoms with Gasteiger partial charge in [-0.25, -0.2) is 9.50 Å². The number of aromatic nitrogens is 4. The molecule has 0 aliphatic carbocycles. The molecule has 8 nitrogen and oxygen atoms in total. The Morgan fingerprint density at radius 2 is 2.04 bits per heavy atom. The molecular formula is C18H19FN6O2. The highest BCUT2D eigenvalue weighted by molar-refractivity contribution is 5.90. The van der Waals surface area contributed by atoms with Crippen molar-refractivity contribution in [1.29, 1.82) is 0 Å². The number of fused-ring (bicyclic) bond motifs is 1. The molecule has 0 radical (unpaired) electrons. The smallest absolute Gasteiger partial charge is 0.249 e. The fraction of sp³-hybridized carbons (Fsp3) is 0.333. The van der Waals surface area contributed by atoms with Crippen LogP contribution in [0.4, 0.5) is 10.3 Å². The van der Waals surface area contributed by atoms with Gasteiger partial charge in [0.1, 0.15) is 0 Å². The van der Waals surface area contributed by atoms with Crippen molar-refractivity contribution in [3.63, 3.8) is 0 Å². The van der Waals surface area contributed by atoms with Crippen molar-refractivity contribution in [2.24, 2.45) is 0 Å². The Kier molecular flexibility index (Phi) is 4.78. The summed E-state index contributed by atoms with van der Waals surface area (Å²) in [5, 5.41) is 7.05. The van der Waals surface area contributed by atoms with Gasteiger partial charge in [0, 0.05) is 36.1 Å². The van der Waals surface area contributed by atoms with E-state index < -0.39 is 5.95 Å². The van der Waals surface area contributed by atoms with Gasteiger partial charge in [0.2, 0.25) is 17.8 Å². The summed E-state index contributed by atoms with van der Waals surface area (Å²) < 4.78 is 20.1. The molecule has 4 rings (SSSR count). The first kappa shape index (κ1) is 17.5. The van der Waals surface area contributed by atoms with Crippen molar-refractivity contribution in [1.82, 2.24) is 24.5 Å². The van der Waals surface area contributed by atoms with E-state index in [0.29, 0.717) is 24.6 Å². The van der Waals surface area contributed by atoms with Crippen molar-refractivity contribution in [3.8, 4) is 11.1 Å². The number of nitrogens with zero attached hydrogens (tertiary/aromatic N) is 5. The van der Waals surface area contributed by atoms with Crippen molar-refractivity contribution in [2.75, 3.05) is 38.2 Å². The quantitative estimate of drug-likeness (QED) is 0.701. The Morgan fingerprint density at radius 1 is 1.22 bits per heavy atom. The number of nitrogens with one attached hydrogen (secondary N) is 1. The third kappa shape index (κ3) is 3.93. The highest BCUT2D eigenvalue weighted by Gasteiger charge is 2.16. The minimum absolute atomic E-state index is 0.161. The predicted octanol–water partition coefficient (Wildman–Crippen LogP) is 1.51. The van der Waals surface area contributed by atoms with Gasteiger partial charge in [-0.05, 0) is 31.2 Å². The summed E-state index contributed by atoms with van der Waals surface area (Å²) in [5.74, 6) is -0.422. The normalized spacial score (nSPS) is 15.2. The zero-order valence-electron chi connectivity index (χ0n) is 14.9. The van der Waals surface area contributed by atoms with E-state index in [0.717, 1.165) is 24.2 Å². The van der Waals surface area contributed by atoms with Gasteiger partial charge in [-0.15, -0.1) is 5.10 Å². The molecular weight excluding hydrogens is 351 g/mol. The lowest BCUT2D eigenvalue weighted by atomic mass is 10.1. The molecule has 9 heteroatoms. The van der Waals surface area contributed by atoms with Crippen LogP contribution >= 0.6 is 0 Å². The van der Waals surface area contributed by atoms with Crippen LogP contribution in [-0.4, -0.2) is 63.2 Å². The molecule has 0 bridgehead atoms. The number of ether oxygens (including phenoxy) is 1. The topological polar surface area (TPSA) is 84.7 Å². The van der Waals surface area contributed by atoms with Crippen LogP contribution in [0.1, 0.15) is 5.69 Å². The van der Waals surface area contributed by atoms with Gasteiger partial charge in [-0.3, -0.25) is 15.0 Å². The summed E-state index contributed by atoms with van der Waals surface area (Å²) in [4.78, 5) is 22.4. The number of hydrogen-bond acceptors (Lipinski definition) is 6. The van der Waals surface area contributed by atoms with Crippen molar-refractivity contribution >= 4 is 17.5 Å². The van der Waals surface area contributed by atoms with Gasteiger partial charge < -0.3 is 4.74 Å². The molecule has 3 aromatic heterocycles. The first-order valence-corrected chi connectivity index (χ1v) is 8.68. The van der Waals surface area contributed by atoms with Crippen LogP contribution in [0.25, 0.3) is 16.8 Å². The molecule has 4 heterocycles. The molecule has 1 saturated heterocycles. The third-order valence-corrected chi connectivity index (χ3v) is 4.42. The highest BCUT2D eigenvalue weighted by Crippen LogP contribution is 2.22. The van der Waals surface area contributed by atoms with Crippen LogP contribution in [0, 0.1) is 12.9 Å². The molecule has 0 spiro atoms. The molecule has 0 unspecified atom stereocenters. The summed E-state index contributed by atoms with van der Waals surface area (Å²) in [6.07, 6.45) is 1.78. The lowest BCUT2D eigenvalue weighted by molar-refractivity contribution is -0.118. The second-order valence-electron chi connectivity index (χ2n) is 6.36. The molecule has 1 aliphatic rings. The number of carbonyl (C=O) groups is 1. The van der Waals surface area contributed by atoms with Crippen molar-refractivity contribution < 1.29 is 13.9 Å². The van der Waals surface area contributed by atoms with E-state index in [9.17, 15) is 9.18 Å². The minimum atomic E-state index is -0.511. The Hall–Kier alpha value is -2.91. The number of carbonyl (C=O) groups excluding carboxylic acids is 1. The molecule has 1 N–H and O–H groups in total. The molecule has 1 aliphatic heterocycles. The van der Waals surface area contributed by atoms with Gasteiger partial charge in [0.15, 0.2) is 5.65 Å². The highest BCUT2D eigenvalue weighted by atomic mass is 19.1. The lowest BCUT2D eigenvalue weighted by Gasteiger charge is -2.25. The second-order valence-corrected chi connectivity index (χ2v) is 6.36. The van der Waals surface area contributed by atoms with E-state index in [1.807, 2.05) is 11.0 Å². The van der Waals surface area contributed by atoms with E-state index in [1.165, 1.54) is 6.07 Å². The average molecular weight is 370 g/mol. The van der Waals surface area contributed by atoms with Gasteiger partial charge in [-0.2, -0.15) is 9.37 Å². The van der Waals surface area contributed by atoms with Gasteiger partial charge in [0.25, 0.3) is 0 Å². The molecule has 140 valence electrons. The summed E-state index contributed by atoms with van der Waals surface area (Å²) in [6.45, 7) is 4.79. The van der Waals surface area contributed by atoms with E-state index in [1.54, 1.807) is 29.8 Å². The monoisotopic (exact) mass is 370 g/mol. The van der Waals surface area contributed by atoms with Gasteiger partial charge in [-0.1, -0.05) is 0 Å². The Balaban J connectivity index is 1.51. The number of rotatable bonds is 4. The molecule has 0 aromatic carbocycles. The maximum Gasteiger partial charge on any atom is 0.249 e. The van der Waals surface area contributed by atoms with E-state index in [-0.39, 0.29) is 18.4 Å². The van der Waals surface area contributed by atoms with Crippen LogP contribution < -0.4 is 5.32 Å². The van der Waals surface area contributed by atoms with Crippen molar-refractivity contribution in [3.05, 3.63) is 42.1 Å². The number of aryl methyl sites for hydroxylation is 1. The summed E-state index contributed by atoms with van der Waals surface area (Å²) in [5.41, 5.74) is 2.84. The van der Waals surface area contributed by atoms with Crippen LogP contribution in [0.5, 0.6) is 0 Å². The van der Waals surface area contributed by atoms with Crippen LogP contribution in [-0.2, 0) is 9.53 Å². The van der Waals surface area contributed by atoms with Gasteiger partial charge in [0.05, 0.1) is 19.8 Å². The maximum absolute atomic E-state index is 13.2. The fourth-order valence-corrected chi connectivity index (χ4v) is 3.06. The molecule has 0 saturated carbocycles. The van der Waals surface area contributed by atoms with Crippen LogP contribution in [0.3, 0.4) is 0 Å². The van der Waals surface area contributed by atoms with Crippen LogP contribution in [0.2, 0.25) is 0 Å². The second kappa shape index (κ2) is 7.37. The lowest BCUT2D eigenvalue weighted by Crippen LogP contribution is -2.41. The third-order valence-electron chi connectivity index (χ3n) is 4.42. The summed E-state index contributed by atoms with van der Waals surface area (Å²) in [7, 11) is 0. The van der Waals surface area contributed by atoms with E-state index in [2.05, 4.69) is 20.4 Å². The standard InChI is InChI=1S/C18H19FN6O2/c1-12-14(3-4-15(19)20-12)13-2-5-16-21-18(23-25(16)10-13)22-17(26)11-24-6-8-27-9-7-24/h2-5,10H,6-9,11H2,1H3,(H,22,23,26). The SMILES string of the molecule is Cc1nc(F)ccc1-c1ccc2nc(NC(=O)CN3CCOCC3)nn2c1. The van der Waals surface area contributed by atoms with Crippen LogP contribution in [0.15, 0.2) is 30.5 Å². The van der Waals surface area contributed by atoms with E-state index in [4.69, 9.17) is 4.74 Å². The number of hydrogen-bond donors (Lipinski definition) is 1. The zero-order valence-corrected chi connectivity index (χ0v) is 14.9. The molecule has 1 amide bonds. The molecule has 27 heavy (non-hydrogen) atoms. The largest absolute Gasteiger partial charge is 0.379 e. The fourth-order valence-electron chi connectivity index (χ4n) is 3.06. The number of halogens is 1. The number of amides is 1. The average Bonchev–Trinajstić information content (AvgIpc) is 3.03. The maximum atomic E-state index is 13.2. The minimum Gasteiger partial charge on any atom is -0.379 e. The summed E-state index contributed by atoms with van der Waals surface area (Å²) in [6, 6.07) is 6.67. The molecule has 3 aromatic rings. The number of morpholine rings is 1. The first-order valence-electron chi connectivity index (χ1n) is 8.68. The first-order chi connectivity index (χ1) is 13.1.